The molecule has 1 unspecified atom stereocenters. The molecule has 0 spiro atoms. The molecular weight excluding hydrogens is 436 g/mol. The molecule has 1 atom stereocenters. The van der Waals surface area contributed by atoms with Crippen molar-refractivity contribution in [1.82, 2.24) is 4.90 Å². The fourth-order valence-electron chi connectivity index (χ4n) is 4.27. The molecule has 0 saturated carbocycles. The average molecular weight is 464 g/mol. The zero-order valence-electron chi connectivity index (χ0n) is 19.0. The number of halogens is 2. The second-order valence-electron chi connectivity index (χ2n) is 8.37. The molecule has 1 aliphatic rings. The average Bonchev–Trinajstić information content (AvgIpc) is 2.84. The maximum Gasteiger partial charge on any atom is 0.324 e. The summed E-state index contributed by atoms with van der Waals surface area (Å²) in [4.78, 5) is 29.4. The monoisotopic (exact) mass is 463 g/mol. The molecule has 3 aromatic carbocycles. The quantitative estimate of drug-likeness (QED) is 0.472. The number of urea groups is 1. The Labute approximate surface area is 198 Å². The van der Waals surface area contributed by atoms with Crippen LogP contribution in [0.15, 0.2) is 72.8 Å². The lowest BCUT2D eigenvalue weighted by molar-refractivity contribution is -0.117. The highest BCUT2D eigenvalue weighted by Gasteiger charge is 2.27. The lowest BCUT2D eigenvalue weighted by Gasteiger charge is -2.36. The SMILES string of the molecule is CCC(C(=O)Nc1cccc(N2CCCN(Cc3ccc(F)c(F)c3)C2=O)c1)c1ccccc1. The van der Waals surface area contributed by atoms with Crippen LogP contribution in [0.1, 0.15) is 36.8 Å². The molecule has 7 heteroatoms. The number of carbonyl (C=O) groups is 2. The Hall–Kier alpha value is -3.74. The number of hydrogen-bond donors (Lipinski definition) is 1. The van der Waals surface area contributed by atoms with Gasteiger partial charge in [-0.3, -0.25) is 9.69 Å². The third kappa shape index (κ3) is 5.25. The first-order valence-electron chi connectivity index (χ1n) is 11.4. The molecule has 3 amide bonds. The van der Waals surface area contributed by atoms with E-state index in [9.17, 15) is 18.4 Å². The third-order valence-electron chi connectivity index (χ3n) is 6.02. The van der Waals surface area contributed by atoms with Crippen molar-refractivity contribution in [3.63, 3.8) is 0 Å². The lowest BCUT2D eigenvalue weighted by atomic mass is 9.95. The molecule has 0 aliphatic carbocycles. The summed E-state index contributed by atoms with van der Waals surface area (Å²) < 4.78 is 26.8. The lowest BCUT2D eigenvalue weighted by Crippen LogP contribution is -2.49. The van der Waals surface area contributed by atoms with Gasteiger partial charge >= 0.3 is 6.03 Å². The van der Waals surface area contributed by atoms with Gasteiger partial charge in [-0.25, -0.2) is 13.6 Å². The molecule has 4 rings (SSSR count). The number of rotatable bonds is 7. The summed E-state index contributed by atoms with van der Waals surface area (Å²) in [5.41, 5.74) is 2.77. The van der Waals surface area contributed by atoms with E-state index in [-0.39, 0.29) is 24.4 Å². The molecule has 1 aliphatic heterocycles. The summed E-state index contributed by atoms with van der Waals surface area (Å²) >= 11 is 0. The van der Waals surface area contributed by atoms with Crippen LogP contribution >= 0.6 is 0 Å². The smallest absolute Gasteiger partial charge is 0.324 e. The zero-order chi connectivity index (χ0) is 24.1. The van der Waals surface area contributed by atoms with Crippen molar-refractivity contribution < 1.29 is 18.4 Å². The number of anilines is 2. The normalized spacial score (nSPS) is 14.7. The number of hydrogen-bond acceptors (Lipinski definition) is 2. The summed E-state index contributed by atoms with van der Waals surface area (Å²) in [5.74, 6) is -2.21. The summed E-state index contributed by atoms with van der Waals surface area (Å²) in [5, 5.41) is 2.98. The van der Waals surface area contributed by atoms with Gasteiger partial charge in [0.1, 0.15) is 0 Å². The van der Waals surface area contributed by atoms with Gasteiger partial charge in [0.25, 0.3) is 0 Å². The van der Waals surface area contributed by atoms with E-state index in [0.29, 0.717) is 36.4 Å². The topological polar surface area (TPSA) is 52.7 Å². The van der Waals surface area contributed by atoms with E-state index in [2.05, 4.69) is 5.32 Å². The van der Waals surface area contributed by atoms with Crippen molar-refractivity contribution in [3.8, 4) is 0 Å². The Kier molecular flexibility index (Phi) is 7.21. The minimum atomic E-state index is -0.928. The Bertz CT molecular complexity index is 1170. The summed E-state index contributed by atoms with van der Waals surface area (Å²) in [7, 11) is 0. The zero-order valence-corrected chi connectivity index (χ0v) is 19.0. The molecule has 1 heterocycles. The second kappa shape index (κ2) is 10.5. The second-order valence-corrected chi connectivity index (χ2v) is 8.37. The van der Waals surface area contributed by atoms with Gasteiger partial charge in [0.15, 0.2) is 11.6 Å². The van der Waals surface area contributed by atoms with Crippen LogP contribution in [0.2, 0.25) is 0 Å². The van der Waals surface area contributed by atoms with E-state index >= 15 is 0 Å². The van der Waals surface area contributed by atoms with Gasteiger partial charge < -0.3 is 10.2 Å². The van der Waals surface area contributed by atoms with Crippen LogP contribution in [-0.4, -0.2) is 29.9 Å². The van der Waals surface area contributed by atoms with Gasteiger partial charge in [-0.05, 0) is 54.3 Å². The largest absolute Gasteiger partial charge is 0.325 e. The van der Waals surface area contributed by atoms with Crippen molar-refractivity contribution in [3.05, 3.63) is 95.6 Å². The van der Waals surface area contributed by atoms with E-state index in [1.165, 1.54) is 6.07 Å². The van der Waals surface area contributed by atoms with Crippen LogP contribution < -0.4 is 10.2 Å². The summed E-state index contributed by atoms with van der Waals surface area (Å²) in [6.45, 7) is 3.23. The van der Waals surface area contributed by atoms with Crippen molar-refractivity contribution in [2.45, 2.75) is 32.2 Å². The predicted octanol–water partition coefficient (Wildman–Crippen LogP) is 5.93. The van der Waals surface area contributed by atoms with E-state index in [0.717, 1.165) is 24.1 Å². The van der Waals surface area contributed by atoms with Crippen LogP contribution in [-0.2, 0) is 11.3 Å². The first kappa shape index (κ1) is 23.4. The maximum atomic E-state index is 13.6. The standard InChI is InChI=1S/C27H27F2N3O2/c1-2-23(20-8-4-3-5-9-20)26(33)30-21-10-6-11-22(17-21)32-15-7-14-31(27(32)34)18-19-12-13-24(28)25(29)16-19/h3-6,8-13,16-17,23H,2,7,14-15,18H2,1H3,(H,30,33). The number of nitrogens with zero attached hydrogens (tertiary/aromatic N) is 2. The molecule has 1 N–H and O–H groups in total. The van der Waals surface area contributed by atoms with Gasteiger partial charge in [-0.2, -0.15) is 0 Å². The maximum absolute atomic E-state index is 13.6. The molecule has 5 nitrogen and oxygen atoms in total. The summed E-state index contributed by atoms with van der Waals surface area (Å²) in [6.07, 6.45) is 1.40. The van der Waals surface area contributed by atoms with Crippen LogP contribution in [0.4, 0.5) is 25.0 Å². The number of nitrogens with one attached hydrogen (secondary N) is 1. The van der Waals surface area contributed by atoms with Gasteiger partial charge in [0.05, 0.1) is 5.92 Å². The third-order valence-corrected chi connectivity index (χ3v) is 6.02. The molecule has 3 aromatic rings. The number of amides is 3. The van der Waals surface area contributed by atoms with E-state index in [4.69, 9.17) is 0 Å². The number of benzene rings is 3. The Balaban J connectivity index is 1.47. The Morgan fingerprint density at radius 2 is 1.76 bits per heavy atom. The van der Waals surface area contributed by atoms with Gasteiger partial charge in [-0.1, -0.05) is 49.4 Å². The van der Waals surface area contributed by atoms with E-state index in [1.54, 1.807) is 28.0 Å². The van der Waals surface area contributed by atoms with Crippen LogP contribution in [0.25, 0.3) is 0 Å². The van der Waals surface area contributed by atoms with Crippen molar-refractivity contribution >= 4 is 23.3 Å². The molecule has 1 fully saturated rings. The van der Waals surface area contributed by atoms with Crippen molar-refractivity contribution in [2.75, 3.05) is 23.3 Å². The summed E-state index contributed by atoms with van der Waals surface area (Å²) in [6, 6.07) is 20.3. The first-order chi connectivity index (χ1) is 16.5. The molecule has 1 saturated heterocycles. The fraction of sp³-hybridized carbons (Fsp3) is 0.259. The minimum absolute atomic E-state index is 0.101. The highest BCUT2D eigenvalue weighted by atomic mass is 19.2. The Morgan fingerprint density at radius 1 is 0.971 bits per heavy atom. The molecule has 0 radical (unpaired) electrons. The van der Waals surface area contributed by atoms with Crippen LogP contribution in [0.5, 0.6) is 0 Å². The molecule has 0 bridgehead atoms. The molecule has 34 heavy (non-hydrogen) atoms. The van der Waals surface area contributed by atoms with Gasteiger partial charge in [0, 0.05) is 31.0 Å². The molecule has 176 valence electrons. The first-order valence-corrected chi connectivity index (χ1v) is 11.4. The molecular formula is C27H27F2N3O2. The minimum Gasteiger partial charge on any atom is -0.325 e. The predicted molar refractivity (Wildman–Crippen MR) is 129 cm³/mol. The van der Waals surface area contributed by atoms with Crippen molar-refractivity contribution in [1.29, 1.82) is 0 Å². The number of carbonyl (C=O) groups excluding carboxylic acids is 2. The van der Waals surface area contributed by atoms with E-state index in [1.807, 2.05) is 43.3 Å². The van der Waals surface area contributed by atoms with Crippen LogP contribution in [0, 0.1) is 11.6 Å². The van der Waals surface area contributed by atoms with Crippen LogP contribution in [0.3, 0.4) is 0 Å². The van der Waals surface area contributed by atoms with Crippen molar-refractivity contribution in [2.24, 2.45) is 0 Å². The fourth-order valence-corrected chi connectivity index (χ4v) is 4.27. The Morgan fingerprint density at radius 3 is 2.50 bits per heavy atom. The van der Waals surface area contributed by atoms with Gasteiger partial charge in [-0.15, -0.1) is 0 Å². The van der Waals surface area contributed by atoms with E-state index < -0.39 is 11.6 Å². The highest BCUT2D eigenvalue weighted by molar-refractivity contribution is 5.97. The van der Waals surface area contributed by atoms with Gasteiger partial charge in [0.2, 0.25) is 5.91 Å². The molecule has 0 aromatic heterocycles. The highest BCUT2D eigenvalue weighted by Crippen LogP contribution is 2.26.